The molecule has 0 bridgehead atoms. The summed E-state index contributed by atoms with van der Waals surface area (Å²) in [7, 11) is 4.15. The molecule has 0 aromatic carbocycles. The van der Waals surface area contributed by atoms with Gasteiger partial charge in [0.05, 0.1) is 5.57 Å². The number of hydrogen-bond donors (Lipinski definition) is 2. The van der Waals surface area contributed by atoms with Crippen LogP contribution in [0, 0.1) is 0 Å². The number of aromatic nitrogens is 2. The number of nitrogens with one attached hydrogen (secondary N) is 2. The molecule has 1 aliphatic carbocycles. The Morgan fingerprint density at radius 3 is 2.88 bits per heavy atom. The number of aromatic amines is 1. The van der Waals surface area contributed by atoms with E-state index in [4.69, 9.17) is 0 Å². The molecule has 2 aliphatic rings. The van der Waals surface area contributed by atoms with Gasteiger partial charge in [0.15, 0.2) is 0 Å². The van der Waals surface area contributed by atoms with E-state index in [0.717, 1.165) is 30.6 Å². The van der Waals surface area contributed by atoms with Crippen molar-refractivity contribution < 1.29 is 4.79 Å². The van der Waals surface area contributed by atoms with Gasteiger partial charge in [0.1, 0.15) is 5.71 Å². The highest BCUT2D eigenvalue weighted by Crippen LogP contribution is 2.30. The smallest absolute Gasteiger partial charge is 0.273 e. The second-order valence-electron chi connectivity index (χ2n) is 7.12. The van der Waals surface area contributed by atoms with Crippen LogP contribution in [0.4, 0.5) is 0 Å². The summed E-state index contributed by atoms with van der Waals surface area (Å²) in [6.45, 7) is 0.853. The highest BCUT2D eigenvalue weighted by Gasteiger charge is 2.26. The Morgan fingerprint density at radius 1 is 1.27 bits per heavy atom. The van der Waals surface area contributed by atoms with E-state index in [1.54, 1.807) is 12.4 Å². The number of aryl methyl sites for hydroxylation is 1. The lowest BCUT2D eigenvalue weighted by atomic mass is 9.93. The lowest BCUT2D eigenvalue weighted by Gasteiger charge is -2.15. The summed E-state index contributed by atoms with van der Waals surface area (Å²) in [5, 5.41) is 4.22. The molecule has 26 heavy (non-hydrogen) atoms. The number of rotatable bonds is 4. The Kier molecular flexibility index (Phi) is 4.42. The third kappa shape index (κ3) is 3.08. The van der Waals surface area contributed by atoms with Gasteiger partial charge >= 0.3 is 0 Å². The van der Waals surface area contributed by atoms with E-state index in [0.29, 0.717) is 11.3 Å². The van der Waals surface area contributed by atoms with Crippen LogP contribution >= 0.6 is 0 Å². The number of amides is 1. The maximum Gasteiger partial charge on any atom is 0.273 e. The number of H-pyrrole nitrogens is 1. The summed E-state index contributed by atoms with van der Waals surface area (Å²) >= 11 is 0. The van der Waals surface area contributed by atoms with Gasteiger partial charge in [0.25, 0.3) is 5.91 Å². The van der Waals surface area contributed by atoms with E-state index in [1.807, 2.05) is 18.2 Å². The van der Waals surface area contributed by atoms with E-state index in [-0.39, 0.29) is 5.91 Å². The largest absolute Gasteiger partial charge is 0.358 e. The van der Waals surface area contributed by atoms with Gasteiger partial charge in [-0.2, -0.15) is 5.10 Å². The van der Waals surface area contributed by atoms with Crippen molar-refractivity contribution in [2.45, 2.75) is 32.2 Å². The summed E-state index contributed by atoms with van der Waals surface area (Å²) in [6, 6.07) is 3.77. The molecule has 2 N–H and O–H groups in total. The first-order valence-corrected chi connectivity index (χ1v) is 9.01. The molecule has 2 aromatic rings. The van der Waals surface area contributed by atoms with E-state index < -0.39 is 0 Å². The minimum Gasteiger partial charge on any atom is -0.358 e. The van der Waals surface area contributed by atoms with Crippen molar-refractivity contribution in [2.75, 3.05) is 14.1 Å². The predicted octanol–water partition coefficient (Wildman–Crippen LogP) is 2.27. The van der Waals surface area contributed by atoms with E-state index in [9.17, 15) is 4.79 Å². The molecule has 1 aliphatic heterocycles. The highest BCUT2D eigenvalue weighted by molar-refractivity contribution is 6.33. The SMILES string of the molecule is CN(C)Cc1c(/C=C2/C(=O)NN=C2c2cccnc2)[nH]c2c1CCCC2. The monoisotopic (exact) mass is 349 g/mol. The zero-order chi connectivity index (χ0) is 18.1. The first-order chi connectivity index (χ1) is 12.6. The highest BCUT2D eigenvalue weighted by atomic mass is 16.2. The average Bonchev–Trinajstić information content (AvgIpc) is 3.17. The van der Waals surface area contributed by atoms with Gasteiger partial charge in [0, 0.05) is 35.9 Å². The zero-order valence-corrected chi connectivity index (χ0v) is 15.2. The van der Waals surface area contributed by atoms with Crippen molar-refractivity contribution in [3.63, 3.8) is 0 Å². The Bertz CT molecular complexity index is 892. The number of carbonyl (C=O) groups excluding carboxylic acids is 1. The fraction of sp³-hybridized carbons (Fsp3) is 0.350. The molecule has 4 rings (SSSR count). The van der Waals surface area contributed by atoms with Gasteiger partial charge in [-0.25, -0.2) is 5.43 Å². The molecular weight excluding hydrogens is 326 g/mol. The summed E-state index contributed by atoms with van der Waals surface area (Å²) in [5.41, 5.74) is 9.71. The topological polar surface area (TPSA) is 73.4 Å². The first-order valence-electron chi connectivity index (χ1n) is 9.01. The van der Waals surface area contributed by atoms with E-state index in [2.05, 4.69) is 39.5 Å². The van der Waals surface area contributed by atoms with Crippen molar-refractivity contribution in [3.8, 4) is 0 Å². The third-order valence-electron chi connectivity index (χ3n) is 4.91. The molecule has 0 saturated carbocycles. The van der Waals surface area contributed by atoms with Gasteiger partial charge in [-0.3, -0.25) is 9.78 Å². The fourth-order valence-corrected chi connectivity index (χ4v) is 3.73. The first kappa shape index (κ1) is 16.7. The lowest BCUT2D eigenvalue weighted by Crippen LogP contribution is -2.15. The van der Waals surface area contributed by atoms with Crippen molar-refractivity contribution in [1.29, 1.82) is 0 Å². The van der Waals surface area contributed by atoms with Gasteiger partial charge in [-0.15, -0.1) is 0 Å². The normalized spacial score (nSPS) is 18.2. The second-order valence-corrected chi connectivity index (χ2v) is 7.12. The molecule has 3 heterocycles. The fourth-order valence-electron chi connectivity index (χ4n) is 3.73. The van der Waals surface area contributed by atoms with Crippen molar-refractivity contribution in [2.24, 2.45) is 5.10 Å². The Hall–Kier alpha value is -2.73. The maximum atomic E-state index is 12.4. The summed E-state index contributed by atoms with van der Waals surface area (Å²) in [4.78, 5) is 22.3. The minimum atomic E-state index is -0.174. The molecule has 134 valence electrons. The quantitative estimate of drug-likeness (QED) is 0.832. The van der Waals surface area contributed by atoms with Crippen molar-refractivity contribution in [1.82, 2.24) is 20.3 Å². The van der Waals surface area contributed by atoms with Crippen LogP contribution in [0.15, 0.2) is 35.2 Å². The van der Waals surface area contributed by atoms with Crippen LogP contribution < -0.4 is 5.43 Å². The van der Waals surface area contributed by atoms with Crippen LogP contribution in [-0.4, -0.2) is 40.6 Å². The molecule has 0 atom stereocenters. The molecule has 6 heteroatoms. The van der Waals surface area contributed by atoms with Crippen LogP contribution in [0.3, 0.4) is 0 Å². The van der Waals surface area contributed by atoms with Gasteiger partial charge in [0.2, 0.25) is 0 Å². The molecule has 1 amide bonds. The molecule has 2 aromatic heterocycles. The number of pyridine rings is 1. The van der Waals surface area contributed by atoms with Gasteiger partial charge < -0.3 is 9.88 Å². The molecule has 0 fully saturated rings. The summed E-state index contributed by atoms with van der Waals surface area (Å²) in [6.07, 6.45) is 10.0. The van der Waals surface area contributed by atoms with Crippen molar-refractivity contribution >= 4 is 17.7 Å². The molecule has 6 nitrogen and oxygen atoms in total. The molecular formula is C20H23N5O. The zero-order valence-electron chi connectivity index (χ0n) is 15.2. The summed E-state index contributed by atoms with van der Waals surface area (Å²) in [5.74, 6) is -0.174. The van der Waals surface area contributed by atoms with Crippen LogP contribution in [0.5, 0.6) is 0 Å². The number of carbonyl (C=O) groups is 1. The van der Waals surface area contributed by atoms with Gasteiger partial charge in [-0.05, 0) is 69.1 Å². The molecule has 0 unspecified atom stereocenters. The van der Waals surface area contributed by atoms with Gasteiger partial charge in [-0.1, -0.05) is 0 Å². The molecule has 0 spiro atoms. The second kappa shape index (κ2) is 6.88. The standard InChI is InChI=1S/C20H23N5O/c1-25(2)12-16-14-7-3-4-8-17(14)22-18(16)10-15-19(23-24-20(15)26)13-6-5-9-21-11-13/h5-6,9-11,22H,3-4,7-8,12H2,1-2H3,(H,24,26)/b15-10+. The van der Waals surface area contributed by atoms with E-state index >= 15 is 0 Å². The minimum absolute atomic E-state index is 0.174. The lowest BCUT2D eigenvalue weighted by molar-refractivity contribution is -0.116. The van der Waals surface area contributed by atoms with Crippen LogP contribution in [0.25, 0.3) is 6.08 Å². The Labute approximate surface area is 153 Å². The average molecular weight is 349 g/mol. The van der Waals surface area contributed by atoms with Crippen molar-refractivity contribution in [3.05, 3.63) is 58.2 Å². The molecule has 0 saturated heterocycles. The number of hydrogen-bond acceptors (Lipinski definition) is 4. The Morgan fingerprint density at radius 2 is 2.12 bits per heavy atom. The third-order valence-corrected chi connectivity index (χ3v) is 4.91. The predicted molar refractivity (Wildman–Crippen MR) is 102 cm³/mol. The van der Waals surface area contributed by atoms with Crippen LogP contribution in [-0.2, 0) is 24.2 Å². The molecule has 0 radical (unpaired) electrons. The van der Waals surface area contributed by atoms with Crippen LogP contribution in [0.1, 0.15) is 40.9 Å². The van der Waals surface area contributed by atoms with E-state index in [1.165, 1.54) is 29.7 Å². The summed E-state index contributed by atoms with van der Waals surface area (Å²) < 4.78 is 0. The maximum absolute atomic E-state index is 12.4. The Balaban J connectivity index is 1.78. The number of hydrazone groups is 1. The van der Waals surface area contributed by atoms with Crippen LogP contribution in [0.2, 0.25) is 0 Å². The number of fused-ring (bicyclic) bond motifs is 1. The number of nitrogens with zero attached hydrogens (tertiary/aromatic N) is 3.